The number of carbonyl (C=O) groups excluding carboxylic acids is 3. The van der Waals surface area contributed by atoms with E-state index >= 15 is 0 Å². The van der Waals surface area contributed by atoms with Gasteiger partial charge in [-0.2, -0.15) is 0 Å². The SMILES string of the molecule is CCCCCC(=O)OCC[N+](C)(CCOC(=O)CCCCC)CCOC(=O)CCCCC. The summed E-state index contributed by atoms with van der Waals surface area (Å²) in [6, 6.07) is 0. The smallest absolute Gasteiger partial charge is 0.305 e. The zero-order valence-corrected chi connectivity index (χ0v) is 21.1. The minimum atomic E-state index is -0.172. The van der Waals surface area contributed by atoms with Crippen LogP contribution in [0.2, 0.25) is 0 Å². The highest BCUT2D eigenvalue weighted by Gasteiger charge is 2.23. The maximum absolute atomic E-state index is 11.9. The Labute approximate surface area is 195 Å². The lowest BCUT2D eigenvalue weighted by molar-refractivity contribution is -0.910. The molecule has 0 saturated carbocycles. The van der Waals surface area contributed by atoms with Crippen LogP contribution < -0.4 is 0 Å². The van der Waals surface area contributed by atoms with E-state index in [0.717, 1.165) is 57.8 Å². The molecule has 0 aliphatic carbocycles. The number of likely N-dealkylation sites (N-methyl/N-ethyl adjacent to an activating group) is 1. The van der Waals surface area contributed by atoms with Crippen molar-refractivity contribution in [2.45, 2.75) is 97.8 Å². The van der Waals surface area contributed by atoms with Crippen LogP contribution in [0, 0.1) is 0 Å². The zero-order chi connectivity index (χ0) is 24.1. The molecule has 0 radical (unpaired) electrons. The standard InChI is InChI=1S/C25H48NO6/c1-5-8-11-14-23(27)30-20-17-26(4,18-21-31-24(28)15-12-9-6-2)19-22-32-25(29)16-13-10-7-3/h5-22H2,1-4H3/q+1. The van der Waals surface area contributed by atoms with Crippen molar-refractivity contribution in [1.29, 1.82) is 0 Å². The Hall–Kier alpha value is -1.63. The topological polar surface area (TPSA) is 78.9 Å². The van der Waals surface area contributed by atoms with Gasteiger partial charge in [0.05, 0.1) is 7.05 Å². The summed E-state index contributed by atoms with van der Waals surface area (Å²) < 4.78 is 16.7. The third-order valence-electron chi connectivity index (χ3n) is 5.64. The van der Waals surface area contributed by atoms with Crippen LogP contribution in [0.5, 0.6) is 0 Å². The van der Waals surface area contributed by atoms with Crippen molar-refractivity contribution in [3.8, 4) is 0 Å². The van der Waals surface area contributed by atoms with Gasteiger partial charge in [0.2, 0.25) is 0 Å². The van der Waals surface area contributed by atoms with Crippen molar-refractivity contribution in [1.82, 2.24) is 0 Å². The molecule has 32 heavy (non-hydrogen) atoms. The first-order chi connectivity index (χ1) is 15.4. The Morgan fingerprint density at radius 1 is 0.531 bits per heavy atom. The maximum atomic E-state index is 11.9. The third kappa shape index (κ3) is 18.0. The Morgan fingerprint density at radius 3 is 1.06 bits per heavy atom. The van der Waals surface area contributed by atoms with Crippen molar-refractivity contribution in [3.05, 3.63) is 0 Å². The monoisotopic (exact) mass is 458 g/mol. The molecule has 0 aliphatic heterocycles. The highest BCUT2D eigenvalue weighted by atomic mass is 16.5. The van der Waals surface area contributed by atoms with Gasteiger partial charge in [-0.25, -0.2) is 0 Å². The lowest BCUT2D eigenvalue weighted by Gasteiger charge is -2.34. The second kappa shape index (κ2) is 20.0. The van der Waals surface area contributed by atoms with Crippen LogP contribution in [0.1, 0.15) is 97.8 Å². The number of rotatable bonds is 21. The summed E-state index contributed by atoms with van der Waals surface area (Å²) in [7, 11) is 2.01. The van der Waals surface area contributed by atoms with E-state index < -0.39 is 0 Å². The minimum Gasteiger partial charge on any atom is -0.460 e. The molecule has 0 aromatic heterocycles. The van der Waals surface area contributed by atoms with Crippen LogP contribution in [0.3, 0.4) is 0 Å². The average molecular weight is 459 g/mol. The highest BCUT2D eigenvalue weighted by molar-refractivity contribution is 5.69. The van der Waals surface area contributed by atoms with E-state index in [9.17, 15) is 14.4 Å². The van der Waals surface area contributed by atoms with E-state index in [0.29, 0.717) is 63.2 Å². The number of ether oxygens (including phenoxy) is 3. The second-order valence-electron chi connectivity index (χ2n) is 8.82. The van der Waals surface area contributed by atoms with Crippen molar-refractivity contribution in [2.24, 2.45) is 0 Å². The predicted molar refractivity (Wildman–Crippen MR) is 126 cm³/mol. The summed E-state index contributed by atoms with van der Waals surface area (Å²) in [5.74, 6) is -0.515. The minimum absolute atomic E-state index is 0.172. The fourth-order valence-electron chi connectivity index (χ4n) is 3.25. The largest absolute Gasteiger partial charge is 0.460 e. The van der Waals surface area contributed by atoms with Crippen molar-refractivity contribution in [3.63, 3.8) is 0 Å². The molecule has 0 aromatic carbocycles. The van der Waals surface area contributed by atoms with Crippen LogP contribution in [0.25, 0.3) is 0 Å². The van der Waals surface area contributed by atoms with Gasteiger partial charge in [0.25, 0.3) is 0 Å². The van der Waals surface area contributed by atoms with E-state index in [-0.39, 0.29) is 17.9 Å². The van der Waals surface area contributed by atoms with E-state index in [2.05, 4.69) is 20.8 Å². The molecule has 188 valence electrons. The molecule has 0 aliphatic rings. The molecule has 0 unspecified atom stereocenters. The molecule has 0 fully saturated rings. The van der Waals surface area contributed by atoms with Gasteiger partial charge in [0.15, 0.2) is 0 Å². The van der Waals surface area contributed by atoms with Gasteiger partial charge in [-0.1, -0.05) is 59.3 Å². The maximum Gasteiger partial charge on any atom is 0.305 e. The van der Waals surface area contributed by atoms with E-state index in [1.54, 1.807) is 0 Å². The lowest BCUT2D eigenvalue weighted by Crippen LogP contribution is -2.51. The Balaban J connectivity index is 4.49. The summed E-state index contributed by atoms with van der Waals surface area (Å²) in [6.07, 6.45) is 10.2. The number of nitrogens with zero attached hydrogens (tertiary/aromatic N) is 1. The van der Waals surface area contributed by atoms with Gasteiger partial charge in [0, 0.05) is 19.3 Å². The average Bonchev–Trinajstić information content (AvgIpc) is 2.74. The van der Waals surface area contributed by atoms with E-state index in [4.69, 9.17) is 14.2 Å². The van der Waals surface area contributed by atoms with Crippen LogP contribution in [-0.4, -0.2) is 68.9 Å². The normalized spacial score (nSPS) is 11.2. The lowest BCUT2D eigenvalue weighted by atomic mass is 10.2. The molecule has 7 heteroatoms. The molecule has 0 heterocycles. The number of esters is 3. The second-order valence-corrected chi connectivity index (χ2v) is 8.82. The van der Waals surface area contributed by atoms with Crippen molar-refractivity contribution >= 4 is 17.9 Å². The third-order valence-corrected chi connectivity index (χ3v) is 5.64. The molecule has 7 nitrogen and oxygen atoms in total. The summed E-state index contributed by atoms with van der Waals surface area (Å²) in [5.41, 5.74) is 0. The molecular weight excluding hydrogens is 410 g/mol. The Morgan fingerprint density at radius 2 is 0.812 bits per heavy atom. The molecule has 0 saturated heterocycles. The molecule has 0 amide bonds. The van der Waals surface area contributed by atoms with E-state index in [1.807, 2.05) is 7.05 Å². The first kappa shape index (κ1) is 30.4. The first-order valence-electron chi connectivity index (χ1n) is 12.7. The van der Waals surface area contributed by atoms with Gasteiger partial charge >= 0.3 is 17.9 Å². The Kier molecular flexibility index (Phi) is 19.0. The molecule has 0 atom stereocenters. The number of unbranched alkanes of at least 4 members (excludes halogenated alkanes) is 6. The molecular formula is C25H48NO6+. The van der Waals surface area contributed by atoms with Crippen LogP contribution in [-0.2, 0) is 28.6 Å². The van der Waals surface area contributed by atoms with Crippen LogP contribution >= 0.6 is 0 Å². The summed E-state index contributed by atoms with van der Waals surface area (Å²) in [5, 5.41) is 0. The number of carbonyl (C=O) groups is 3. The van der Waals surface area contributed by atoms with Crippen LogP contribution in [0.15, 0.2) is 0 Å². The van der Waals surface area contributed by atoms with Gasteiger partial charge < -0.3 is 18.7 Å². The number of hydrogen-bond acceptors (Lipinski definition) is 6. The molecule has 0 spiro atoms. The van der Waals surface area contributed by atoms with Gasteiger partial charge in [-0.3, -0.25) is 14.4 Å². The fraction of sp³-hybridized carbons (Fsp3) is 0.880. The van der Waals surface area contributed by atoms with Gasteiger partial charge in [-0.15, -0.1) is 0 Å². The van der Waals surface area contributed by atoms with Crippen molar-refractivity contribution in [2.75, 3.05) is 46.5 Å². The first-order valence-corrected chi connectivity index (χ1v) is 12.7. The summed E-state index contributed by atoms with van der Waals surface area (Å²) in [6.45, 7) is 8.95. The summed E-state index contributed by atoms with van der Waals surface area (Å²) >= 11 is 0. The van der Waals surface area contributed by atoms with Gasteiger partial charge in [-0.05, 0) is 19.3 Å². The van der Waals surface area contributed by atoms with Crippen molar-refractivity contribution < 1.29 is 33.1 Å². The molecule has 0 N–H and O–H groups in total. The van der Waals surface area contributed by atoms with E-state index in [1.165, 1.54) is 0 Å². The molecule has 0 rings (SSSR count). The quantitative estimate of drug-likeness (QED) is 0.106. The number of hydrogen-bond donors (Lipinski definition) is 0. The number of quaternary nitrogens is 1. The molecule has 0 bridgehead atoms. The predicted octanol–water partition coefficient (Wildman–Crippen LogP) is 4.80. The zero-order valence-electron chi connectivity index (χ0n) is 21.1. The Bertz CT molecular complexity index is 439. The summed E-state index contributed by atoms with van der Waals surface area (Å²) in [4.78, 5) is 35.7. The van der Waals surface area contributed by atoms with Crippen LogP contribution in [0.4, 0.5) is 0 Å². The fourth-order valence-corrected chi connectivity index (χ4v) is 3.25. The van der Waals surface area contributed by atoms with Gasteiger partial charge in [0.1, 0.15) is 39.5 Å². The molecule has 0 aromatic rings. The highest BCUT2D eigenvalue weighted by Crippen LogP contribution is 2.07.